The number of benzene rings is 3. The van der Waals surface area contributed by atoms with Crippen molar-refractivity contribution < 1.29 is 19.1 Å². The summed E-state index contributed by atoms with van der Waals surface area (Å²) >= 11 is 3.29. The molecule has 7 nitrogen and oxygen atoms in total. The molecule has 0 unspecified atom stereocenters. The van der Waals surface area contributed by atoms with Crippen LogP contribution in [-0.2, 0) is 4.79 Å². The molecular weight excluding hydrogens is 474 g/mol. The van der Waals surface area contributed by atoms with Gasteiger partial charge in [-0.05, 0) is 67.1 Å². The highest BCUT2D eigenvalue weighted by molar-refractivity contribution is 9.10. The number of nitrogens with one attached hydrogen (secondary N) is 2. The van der Waals surface area contributed by atoms with Crippen LogP contribution in [0.3, 0.4) is 0 Å². The molecule has 0 aromatic heterocycles. The monoisotopic (exact) mass is 493 g/mol. The zero-order chi connectivity index (χ0) is 22.9. The van der Waals surface area contributed by atoms with Gasteiger partial charge in [0.1, 0.15) is 5.75 Å². The highest BCUT2D eigenvalue weighted by Gasteiger charge is 2.09. The molecule has 3 aromatic carbocycles. The lowest BCUT2D eigenvalue weighted by Gasteiger charge is -2.05. The molecule has 0 spiro atoms. The van der Waals surface area contributed by atoms with E-state index in [-0.39, 0.29) is 12.5 Å². The molecule has 0 aliphatic carbocycles. The van der Waals surface area contributed by atoms with Gasteiger partial charge in [0.15, 0.2) is 0 Å². The van der Waals surface area contributed by atoms with Crippen molar-refractivity contribution in [2.75, 3.05) is 6.54 Å². The molecule has 2 N–H and O–H groups in total. The first-order valence-electron chi connectivity index (χ1n) is 9.65. The van der Waals surface area contributed by atoms with E-state index in [9.17, 15) is 14.4 Å². The van der Waals surface area contributed by atoms with Gasteiger partial charge in [0.05, 0.1) is 18.3 Å². The van der Waals surface area contributed by atoms with E-state index in [4.69, 9.17) is 4.74 Å². The minimum Gasteiger partial charge on any atom is -0.423 e. The van der Waals surface area contributed by atoms with Gasteiger partial charge in [-0.1, -0.05) is 39.7 Å². The maximum absolute atomic E-state index is 12.1. The molecule has 0 aliphatic rings. The van der Waals surface area contributed by atoms with Crippen molar-refractivity contribution in [2.24, 2.45) is 5.10 Å². The lowest BCUT2D eigenvalue weighted by atomic mass is 10.1. The van der Waals surface area contributed by atoms with Crippen LogP contribution in [0.1, 0.15) is 31.8 Å². The molecule has 3 aromatic rings. The van der Waals surface area contributed by atoms with E-state index in [1.165, 1.54) is 6.21 Å². The molecule has 0 aliphatic heterocycles. The third kappa shape index (κ3) is 6.88. The van der Waals surface area contributed by atoms with E-state index in [2.05, 4.69) is 31.8 Å². The Hall–Kier alpha value is -3.78. The second kappa shape index (κ2) is 11.0. The summed E-state index contributed by atoms with van der Waals surface area (Å²) in [6.45, 7) is 1.73. The van der Waals surface area contributed by atoms with Gasteiger partial charge in [0.25, 0.3) is 11.8 Å². The number of hydrazone groups is 1. The lowest BCUT2D eigenvalue weighted by molar-refractivity contribution is -0.120. The van der Waals surface area contributed by atoms with Crippen LogP contribution < -0.4 is 15.5 Å². The number of carbonyl (C=O) groups is 3. The number of ether oxygens (including phenoxy) is 1. The Balaban J connectivity index is 1.45. The number of amides is 2. The van der Waals surface area contributed by atoms with E-state index >= 15 is 0 Å². The van der Waals surface area contributed by atoms with E-state index in [0.29, 0.717) is 22.4 Å². The Morgan fingerprint density at radius 1 is 0.969 bits per heavy atom. The zero-order valence-electron chi connectivity index (χ0n) is 17.2. The van der Waals surface area contributed by atoms with Crippen LogP contribution in [0.25, 0.3) is 0 Å². The molecule has 0 heterocycles. The first-order chi connectivity index (χ1) is 15.4. The largest absolute Gasteiger partial charge is 0.423 e. The molecule has 0 saturated heterocycles. The Bertz CT molecular complexity index is 1140. The number of hydrogen-bond donors (Lipinski definition) is 2. The highest BCUT2D eigenvalue weighted by Crippen LogP contribution is 2.14. The molecule has 0 bridgehead atoms. The lowest BCUT2D eigenvalue weighted by Crippen LogP contribution is -2.34. The summed E-state index contributed by atoms with van der Waals surface area (Å²) in [7, 11) is 0. The fourth-order valence-electron chi connectivity index (χ4n) is 2.59. The van der Waals surface area contributed by atoms with Crippen molar-refractivity contribution >= 4 is 39.9 Å². The second-order valence-electron chi connectivity index (χ2n) is 6.81. The number of aryl methyl sites for hydroxylation is 1. The maximum Gasteiger partial charge on any atom is 0.343 e. The third-order valence-electron chi connectivity index (χ3n) is 4.28. The van der Waals surface area contributed by atoms with Crippen molar-refractivity contribution in [1.82, 2.24) is 10.7 Å². The molecule has 2 amide bonds. The molecule has 3 rings (SSSR count). The van der Waals surface area contributed by atoms with Gasteiger partial charge in [-0.15, -0.1) is 0 Å². The molecule has 0 fully saturated rings. The molecule has 162 valence electrons. The molecule has 32 heavy (non-hydrogen) atoms. The van der Waals surface area contributed by atoms with Gasteiger partial charge < -0.3 is 10.1 Å². The molecule has 0 atom stereocenters. The minimum atomic E-state index is -0.465. The number of carbonyl (C=O) groups excluding carboxylic acids is 3. The smallest absolute Gasteiger partial charge is 0.343 e. The fraction of sp³-hybridized carbons (Fsp3) is 0.0833. The number of hydrogen-bond acceptors (Lipinski definition) is 5. The Labute approximate surface area is 193 Å². The fourth-order valence-corrected chi connectivity index (χ4v) is 2.99. The van der Waals surface area contributed by atoms with Crippen molar-refractivity contribution in [2.45, 2.75) is 6.92 Å². The summed E-state index contributed by atoms with van der Waals surface area (Å²) in [6.07, 6.45) is 1.44. The summed E-state index contributed by atoms with van der Waals surface area (Å²) in [6, 6.07) is 20.6. The van der Waals surface area contributed by atoms with Crippen molar-refractivity contribution in [3.63, 3.8) is 0 Å². The van der Waals surface area contributed by atoms with Gasteiger partial charge in [-0.25, -0.2) is 10.2 Å². The van der Waals surface area contributed by atoms with Crippen LogP contribution in [0.5, 0.6) is 5.75 Å². The first kappa shape index (κ1) is 22.9. The average molecular weight is 494 g/mol. The first-order valence-corrected chi connectivity index (χ1v) is 10.4. The van der Waals surface area contributed by atoms with Gasteiger partial charge in [0.2, 0.25) is 0 Å². The molecule has 8 heteroatoms. The van der Waals surface area contributed by atoms with Crippen molar-refractivity contribution in [1.29, 1.82) is 0 Å². The third-order valence-corrected chi connectivity index (χ3v) is 4.77. The van der Waals surface area contributed by atoms with E-state index in [0.717, 1.165) is 10.0 Å². The second-order valence-corrected chi connectivity index (χ2v) is 7.73. The summed E-state index contributed by atoms with van der Waals surface area (Å²) in [4.78, 5) is 36.0. The number of esters is 1. The molecule has 0 saturated carbocycles. The summed E-state index contributed by atoms with van der Waals surface area (Å²) in [5.74, 6) is -0.870. The topological polar surface area (TPSA) is 96.9 Å². The maximum atomic E-state index is 12.1. The molecule has 0 radical (unpaired) electrons. The van der Waals surface area contributed by atoms with Crippen LogP contribution >= 0.6 is 15.9 Å². The predicted molar refractivity (Wildman–Crippen MR) is 125 cm³/mol. The summed E-state index contributed by atoms with van der Waals surface area (Å²) < 4.78 is 6.11. The van der Waals surface area contributed by atoms with E-state index < -0.39 is 11.9 Å². The van der Waals surface area contributed by atoms with Crippen LogP contribution in [0.2, 0.25) is 0 Å². The van der Waals surface area contributed by atoms with Crippen LogP contribution in [0.15, 0.2) is 82.4 Å². The van der Waals surface area contributed by atoms with Gasteiger partial charge >= 0.3 is 5.97 Å². The average Bonchev–Trinajstić information content (AvgIpc) is 2.79. The van der Waals surface area contributed by atoms with Gasteiger partial charge in [0, 0.05) is 10.0 Å². The van der Waals surface area contributed by atoms with Crippen molar-refractivity contribution in [3.05, 3.63) is 99.5 Å². The Morgan fingerprint density at radius 2 is 1.69 bits per heavy atom. The van der Waals surface area contributed by atoms with Crippen LogP contribution in [0, 0.1) is 6.92 Å². The van der Waals surface area contributed by atoms with Crippen LogP contribution in [-0.4, -0.2) is 30.5 Å². The standard InChI is InChI=1S/C24H20BrN3O4/c1-16-5-9-18(10-6-16)24(31)32-21-11-7-17(8-12-21)14-27-28-22(29)15-26-23(30)19-3-2-4-20(25)13-19/h2-14H,15H2,1H3,(H,26,30)(H,28,29)/b27-14+. The quantitative estimate of drug-likeness (QED) is 0.226. The van der Waals surface area contributed by atoms with Crippen LogP contribution in [0.4, 0.5) is 0 Å². The number of halogens is 1. The van der Waals surface area contributed by atoms with Gasteiger partial charge in [-0.2, -0.15) is 5.10 Å². The Morgan fingerprint density at radius 3 is 2.38 bits per heavy atom. The predicted octanol–water partition coefficient (Wildman–Crippen LogP) is 3.86. The summed E-state index contributed by atoms with van der Waals surface area (Å²) in [5.41, 5.74) is 5.01. The van der Waals surface area contributed by atoms with E-state index in [1.807, 2.05) is 19.1 Å². The minimum absolute atomic E-state index is 0.212. The zero-order valence-corrected chi connectivity index (χ0v) is 18.8. The highest BCUT2D eigenvalue weighted by atomic mass is 79.9. The van der Waals surface area contributed by atoms with Gasteiger partial charge in [-0.3, -0.25) is 9.59 Å². The molecular formula is C24H20BrN3O4. The van der Waals surface area contributed by atoms with E-state index in [1.54, 1.807) is 60.7 Å². The normalized spacial score (nSPS) is 10.6. The number of rotatable bonds is 7. The Kier molecular flexibility index (Phi) is 7.88. The SMILES string of the molecule is Cc1ccc(C(=O)Oc2ccc(/C=N/NC(=O)CNC(=O)c3cccc(Br)c3)cc2)cc1. The van der Waals surface area contributed by atoms with Crippen molar-refractivity contribution in [3.8, 4) is 5.75 Å². The number of nitrogens with zero attached hydrogens (tertiary/aromatic N) is 1. The summed E-state index contributed by atoms with van der Waals surface area (Å²) in [5, 5.41) is 6.38.